The fourth-order valence-corrected chi connectivity index (χ4v) is 2.80. The van der Waals surface area contributed by atoms with E-state index in [1.165, 1.54) is 5.69 Å². The summed E-state index contributed by atoms with van der Waals surface area (Å²) in [5.41, 5.74) is 3.15. The molecule has 2 rings (SSSR count). The van der Waals surface area contributed by atoms with Gasteiger partial charge in [-0.3, -0.25) is 0 Å². The second-order valence-electron chi connectivity index (χ2n) is 5.40. The van der Waals surface area contributed by atoms with E-state index in [-0.39, 0.29) is 0 Å². The maximum Gasteiger partial charge on any atom is 0.156 e. The van der Waals surface area contributed by atoms with E-state index < -0.39 is 0 Å². The summed E-state index contributed by atoms with van der Waals surface area (Å²) in [6, 6.07) is 1.74. The van der Waals surface area contributed by atoms with E-state index in [0.717, 1.165) is 17.8 Å². The lowest BCUT2D eigenvalue weighted by Gasteiger charge is -2.10. The molecule has 0 spiro atoms. The third-order valence-electron chi connectivity index (χ3n) is 2.90. The van der Waals surface area contributed by atoms with Crippen molar-refractivity contribution in [3.05, 3.63) is 33.7 Å². The highest BCUT2D eigenvalue weighted by molar-refractivity contribution is 6.36. The van der Waals surface area contributed by atoms with Gasteiger partial charge in [0.05, 0.1) is 15.7 Å². The van der Waals surface area contributed by atoms with E-state index >= 15 is 0 Å². The van der Waals surface area contributed by atoms with Gasteiger partial charge in [0, 0.05) is 11.9 Å². The molecule has 0 unspecified atom stereocenters. The van der Waals surface area contributed by atoms with Gasteiger partial charge in [-0.15, -0.1) is 0 Å². The molecule has 0 aliphatic rings. The average molecular weight is 285 g/mol. The molecule has 0 fully saturated rings. The molecule has 0 aliphatic carbocycles. The minimum atomic E-state index is 0.392. The van der Waals surface area contributed by atoms with Crippen LogP contribution in [0, 0.1) is 5.92 Å². The van der Waals surface area contributed by atoms with Crippen molar-refractivity contribution in [2.45, 2.75) is 40.0 Å². The lowest BCUT2D eigenvalue weighted by atomic mass is 10.0. The number of fused-ring (bicyclic) bond motifs is 1. The average Bonchev–Trinajstić information content (AvgIpc) is 2.54. The van der Waals surface area contributed by atoms with Crippen molar-refractivity contribution in [3.8, 4) is 0 Å². The topological polar surface area (TPSA) is 17.3 Å². The Labute approximate surface area is 118 Å². The fourth-order valence-electron chi connectivity index (χ4n) is 2.29. The maximum absolute atomic E-state index is 6.22. The lowest BCUT2D eigenvalue weighted by Crippen LogP contribution is -2.02. The maximum atomic E-state index is 6.22. The van der Waals surface area contributed by atoms with Crippen molar-refractivity contribution in [2.24, 2.45) is 5.92 Å². The number of aromatic nitrogens is 2. The fraction of sp³-hybridized carbons (Fsp3) is 0.500. The largest absolute Gasteiger partial charge is 0.301 e. The lowest BCUT2D eigenvalue weighted by molar-refractivity contribution is 0.626. The predicted molar refractivity (Wildman–Crippen MR) is 77.8 cm³/mol. The summed E-state index contributed by atoms with van der Waals surface area (Å²) in [4.78, 5) is 4.69. The third-order valence-corrected chi connectivity index (χ3v) is 3.39. The van der Waals surface area contributed by atoms with E-state index in [9.17, 15) is 0 Å². The Morgan fingerprint density at radius 2 is 1.89 bits per heavy atom. The molecule has 0 aromatic carbocycles. The number of rotatable bonds is 3. The van der Waals surface area contributed by atoms with E-state index in [1.807, 2.05) is 10.6 Å². The molecule has 98 valence electrons. The minimum absolute atomic E-state index is 0.392. The number of halogens is 2. The number of pyridine rings is 1. The first-order valence-electron chi connectivity index (χ1n) is 6.26. The van der Waals surface area contributed by atoms with Gasteiger partial charge in [0.25, 0.3) is 0 Å². The molecule has 0 amide bonds. The first kappa shape index (κ1) is 13.7. The van der Waals surface area contributed by atoms with Gasteiger partial charge < -0.3 is 4.40 Å². The SMILES string of the molecule is CC(C)Cc1nc2c(Cl)cc(Cl)cn2c1C(C)C. The molecule has 2 aromatic rings. The molecule has 0 N–H and O–H groups in total. The van der Waals surface area contributed by atoms with Crippen molar-refractivity contribution in [1.82, 2.24) is 9.38 Å². The molecule has 0 saturated heterocycles. The Balaban J connectivity index is 2.71. The second-order valence-corrected chi connectivity index (χ2v) is 6.24. The number of nitrogens with zero attached hydrogens (tertiary/aromatic N) is 2. The van der Waals surface area contributed by atoms with Gasteiger partial charge in [-0.2, -0.15) is 0 Å². The van der Waals surface area contributed by atoms with Gasteiger partial charge in [-0.1, -0.05) is 50.9 Å². The smallest absolute Gasteiger partial charge is 0.156 e. The van der Waals surface area contributed by atoms with E-state index in [0.29, 0.717) is 21.9 Å². The molecule has 0 atom stereocenters. The highest BCUT2D eigenvalue weighted by atomic mass is 35.5. The van der Waals surface area contributed by atoms with Gasteiger partial charge in [-0.05, 0) is 24.3 Å². The van der Waals surface area contributed by atoms with E-state index in [4.69, 9.17) is 23.2 Å². The molecule has 0 bridgehead atoms. The van der Waals surface area contributed by atoms with Crippen molar-refractivity contribution in [2.75, 3.05) is 0 Å². The van der Waals surface area contributed by atoms with Crippen LogP contribution in [0.15, 0.2) is 12.3 Å². The van der Waals surface area contributed by atoms with Gasteiger partial charge in [0.15, 0.2) is 5.65 Å². The molecular formula is C14H18Cl2N2. The summed E-state index contributed by atoms with van der Waals surface area (Å²) in [6.45, 7) is 8.73. The van der Waals surface area contributed by atoms with E-state index in [2.05, 4.69) is 32.7 Å². The molecule has 18 heavy (non-hydrogen) atoms. The highest BCUT2D eigenvalue weighted by Crippen LogP contribution is 2.29. The second kappa shape index (κ2) is 5.10. The van der Waals surface area contributed by atoms with Crippen molar-refractivity contribution in [1.29, 1.82) is 0 Å². The summed E-state index contributed by atoms with van der Waals surface area (Å²) in [6.07, 6.45) is 2.86. The van der Waals surface area contributed by atoms with Gasteiger partial charge in [-0.25, -0.2) is 4.98 Å². The van der Waals surface area contributed by atoms with Crippen LogP contribution in [-0.2, 0) is 6.42 Å². The quantitative estimate of drug-likeness (QED) is 0.778. The first-order valence-corrected chi connectivity index (χ1v) is 7.01. The Kier molecular flexibility index (Phi) is 3.88. The van der Waals surface area contributed by atoms with Crippen molar-refractivity contribution in [3.63, 3.8) is 0 Å². The summed E-state index contributed by atoms with van der Waals surface area (Å²) >= 11 is 12.3. The van der Waals surface area contributed by atoms with Gasteiger partial charge >= 0.3 is 0 Å². The van der Waals surface area contributed by atoms with Crippen LogP contribution in [0.5, 0.6) is 0 Å². The Bertz CT molecular complexity index is 571. The highest BCUT2D eigenvalue weighted by Gasteiger charge is 2.18. The molecule has 2 heterocycles. The zero-order chi connectivity index (χ0) is 13.4. The number of imidazole rings is 1. The summed E-state index contributed by atoms with van der Waals surface area (Å²) < 4.78 is 2.03. The molecule has 0 saturated carbocycles. The first-order chi connectivity index (χ1) is 8.40. The molecule has 0 radical (unpaired) electrons. The molecule has 0 aliphatic heterocycles. The van der Waals surface area contributed by atoms with Gasteiger partial charge in [0.1, 0.15) is 0 Å². The molecule has 4 heteroatoms. The zero-order valence-electron chi connectivity index (χ0n) is 11.2. The van der Waals surface area contributed by atoms with Gasteiger partial charge in [0.2, 0.25) is 0 Å². The van der Waals surface area contributed by atoms with Crippen LogP contribution in [0.4, 0.5) is 0 Å². The normalized spacial score (nSPS) is 12.0. The number of hydrogen-bond acceptors (Lipinski definition) is 1. The number of hydrogen-bond donors (Lipinski definition) is 0. The van der Waals surface area contributed by atoms with Crippen LogP contribution in [0.2, 0.25) is 10.0 Å². The molecule has 2 nitrogen and oxygen atoms in total. The molecular weight excluding hydrogens is 267 g/mol. The minimum Gasteiger partial charge on any atom is -0.301 e. The van der Waals surface area contributed by atoms with Crippen molar-refractivity contribution >= 4 is 28.8 Å². The monoisotopic (exact) mass is 284 g/mol. The van der Waals surface area contributed by atoms with Crippen LogP contribution in [0.1, 0.15) is 45.0 Å². The zero-order valence-corrected chi connectivity index (χ0v) is 12.7. The predicted octanol–water partition coefficient (Wildman–Crippen LogP) is 4.96. The Hall–Kier alpha value is -0.730. The summed E-state index contributed by atoms with van der Waals surface area (Å²) in [5, 5.41) is 1.25. The third kappa shape index (κ3) is 2.50. The van der Waals surface area contributed by atoms with Crippen LogP contribution in [0.3, 0.4) is 0 Å². The summed E-state index contributed by atoms with van der Waals surface area (Å²) in [5.74, 6) is 0.963. The summed E-state index contributed by atoms with van der Waals surface area (Å²) in [7, 11) is 0. The van der Waals surface area contributed by atoms with Crippen LogP contribution < -0.4 is 0 Å². The Morgan fingerprint density at radius 3 is 2.44 bits per heavy atom. The van der Waals surface area contributed by atoms with Crippen LogP contribution in [0.25, 0.3) is 5.65 Å². The molecule has 2 aromatic heterocycles. The van der Waals surface area contributed by atoms with Crippen LogP contribution >= 0.6 is 23.2 Å². The Morgan fingerprint density at radius 1 is 1.22 bits per heavy atom. The standard InChI is InChI=1S/C14H18Cl2N2/c1-8(2)5-12-13(9(3)4)18-7-10(15)6-11(16)14(18)17-12/h6-9H,5H2,1-4H3. The van der Waals surface area contributed by atoms with Crippen molar-refractivity contribution < 1.29 is 0 Å². The van der Waals surface area contributed by atoms with Crippen LogP contribution in [-0.4, -0.2) is 9.38 Å². The van der Waals surface area contributed by atoms with E-state index in [1.54, 1.807) is 6.07 Å².